The number of hydrogen-bond donors (Lipinski definition) is 2. The Labute approximate surface area is 150 Å². The number of aryl methyl sites for hydroxylation is 1. The van der Waals surface area contributed by atoms with E-state index in [9.17, 15) is 14.4 Å². The predicted molar refractivity (Wildman–Crippen MR) is 100 cm³/mol. The van der Waals surface area contributed by atoms with Gasteiger partial charge < -0.3 is 11.1 Å². The monoisotopic (exact) mass is 352 g/mol. The number of anilines is 1. The molecule has 1 aromatic heterocycles. The first kappa shape index (κ1) is 17.5. The van der Waals surface area contributed by atoms with E-state index in [2.05, 4.69) is 5.32 Å². The minimum Gasteiger partial charge on any atom is -0.366 e. The van der Waals surface area contributed by atoms with E-state index < -0.39 is 11.8 Å². The van der Waals surface area contributed by atoms with Crippen LogP contribution in [0.3, 0.4) is 0 Å². The van der Waals surface area contributed by atoms with Gasteiger partial charge in [0.05, 0.1) is 22.3 Å². The number of fused-ring (bicyclic) bond motifs is 1. The highest BCUT2D eigenvalue weighted by molar-refractivity contribution is 6.03. The number of amides is 2. The van der Waals surface area contributed by atoms with E-state index >= 15 is 0 Å². The molecule has 0 fully saturated rings. The highest BCUT2D eigenvalue weighted by atomic mass is 16.2. The van der Waals surface area contributed by atoms with E-state index in [1.807, 2.05) is 31.2 Å². The Morgan fingerprint density at radius 2 is 1.62 bits per heavy atom. The van der Waals surface area contributed by atoms with E-state index in [4.69, 9.17) is 5.73 Å². The number of rotatable bonds is 6. The number of carbonyl (C=O) groups is 2. The van der Waals surface area contributed by atoms with Crippen molar-refractivity contribution in [1.29, 1.82) is 0 Å². The van der Waals surface area contributed by atoms with Gasteiger partial charge in [-0.2, -0.15) is 0 Å². The first-order valence-electron chi connectivity index (χ1n) is 8.39. The van der Waals surface area contributed by atoms with Crippen molar-refractivity contribution in [3.8, 4) is 0 Å². The van der Waals surface area contributed by atoms with Crippen LogP contribution in [0.25, 0.3) is 11.0 Å². The first-order chi connectivity index (χ1) is 12.5. The molecular formula is C19H20N4O3. The van der Waals surface area contributed by atoms with Crippen LogP contribution in [0.15, 0.2) is 53.3 Å². The summed E-state index contributed by atoms with van der Waals surface area (Å²) in [4.78, 5) is 36.7. The predicted octanol–water partition coefficient (Wildman–Crippen LogP) is 1.95. The van der Waals surface area contributed by atoms with Crippen molar-refractivity contribution in [3.05, 3.63) is 64.6 Å². The van der Waals surface area contributed by atoms with Gasteiger partial charge in [-0.15, -0.1) is 0 Å². The quantitative estimate of drug-likeness (QED) is 0.709. The van der Waals surface area contributed by atoms with Crippen molar-refractivity contribution in [1.82, 2.24) is 9.13 Å². The molecule has 3 rings (SSSR count). The highest BCUT2D eigenvalue weighted by Gasteiger charge is 2.16. The van der Waals surface area contributed by atoms with Gasteiger partial charge in [-0.05, 0) is 30.7 Å². The van der Waals surface area contributed by atoms with Crippen molar-refractivity contribution in [2.75, 3.05) is 5.32 Å². The van der Waals surface area contributed by atoms with E-state index in [1.165, 1.54) is 10.6 Å². The number of nitrogens with two attached hydrogens (primary N) is 1. The standard InChI is InChI=1S/C19H20N4O3/c1-2-11-22-15-9-5-6-10-16(15)23(19(22)26)12-17(24)21-14-8-4-3-7-13(14)18(20)25/h3-10H,2,11-12H2,1H3,(H2,20,25)(H,21,24). The molecule has 0 saturated heterocycles. The Bertz CT molecular complexity index is 1030. The molecule has 0 aliphatic heterocycles. The minimum atomic E-state index is -0.627. The third-order valence-corrected chi connectivity index (χ3v) is 4.14. The molecule has 0 unspecified atom stereocenters. The first-order valence-corrected chi connectivity index (χ1v) is 8.39. The van der Waals surface area contributed by atoms with Gasteiger partial charge in [0.15, 0.2) is 0 Å². The lowest BCUT2D eigenvalue weighted by molar-refractivity contribution is -0.116. The summed E-state index contributed by atoms with van der Waals surface area (Å²) in [6.07, 6.45) is 0.812. The molecule has 3 aromatic rings. The summed E-state index contributed by atoms with van der Waals surface area (Å²) in [5.41, 5.74) is 7.15. The molecule has 0 aliphatic carbocycles. The second kappa shape index (κ2) is 7.26. The van der Waals surface area contributed by atoms with E-state index in [0.717, 1.165) is 11.9 Å². The van der Waals surface area contributed by atoms with Gasteiger partial charge >= 0.3 is 5.69 Å². The maximum atomic E-state index is 12.7. The van der Waals surface area contributed by atoms with Gasteiger partial charge in [-0.1, -0.05) is 31.2 Å². The minimum absolute atomic E-state index is 0.150. The SMILES string of the molecule is CCCn1c(=O)n(CC(=O)Nc2ccccc2C(N)=O)c2ccccc21. The third-order valence-electron chi connectivity index (χ3n) is 4.14. The smallest absolute Gasteiger partial charge is 0.329 e. The fourth-order valence-corrected chi connectivity index (χ4v) is 3.01. The fourth-order valence-electron chi connectivity index (χ4n) is 3.01. The molecule has 0 atom stereocenters. The number of imidazole rings is 1. The number of hydrogen-bond acceptors (Lipinski definition) is 3. The number of carbonyl (C=O) groups excluding carboxylic acids is 2. The van der Waals surface area contributed by atoms with Gasteiger partial charge in [0.2, 0.25) is 5.91 Å². The summed E-state index contributed by atoms with van der Waals surface area (Å²) in [6.45, 7) is 2.42. The lowest BCUT2D eigenvalue weighted by Crippen LogP contribution is -2.30. The van der Waals surface area contributed by atoms with Crippen molar-refractivity contribution in [2.24, 2.45) is 5.73 Å². The van der Waals surface area contributed by atoms with Gasteiger partial charge in [0.1, 0.15) is 6.54 Å². The van der Waals surface area contributed by atoms with Crippen LogP contribution in [-0.2, 0) is 17.9 Å². The topological polar surface area (TPSA) is 99.1 Å². The average Bonchev–Trinajstić information content (AvgIpc) is 2.88. The number of benzene rings is 2. The Balaban J connectivity index is 1.92. The summed E-state index contributed by atoms with van der Waals surface area (Å²) < 4.78 is 3.10. The number of primary amides is 1. The summed E-state index contributed by atoms with van der Waals surface area (Å²) in [7, 11) is 0. The van der Waals surface area contributed by atoms with Crippen molar-refractivity contribution >= 4 is 28.5 Å². The van der Waals surface area contributed by atoms with Crippen molar-refractivity contribution in [3.63, 3.8) is 0 Å². The van der Waals surface area contributed by atoms with Gasteiger partial charge in [0, 0.05) is 6.54 Å². The molecule has 7 heteroatoms. The van der Waals surface area contributed by atoms with Crippen LogP contribution in [0.1, 0.15) is 23.7 Å². The molecule has 7 nitrogen and oxygen atoms in total. The van der Waals surface area contributed by atoms with Crippen LogP contribution in [0.5, 0.6) is 0 Å². The van der Waals surface area contributed by atoms with Crippen LogP contribution in [-0.4, -0.2) is 20.9 Å². The Morgan fingerprint density at radius 3 is 2.27 bits per heavy atom. The fraction of sp³-hybridized carbons (Fsp3) is 0.211. The van der Waals surface area contributed by atoms with Crippen LogP contribution >= 0.6 is 0 Å². The van der Waals surface area contributed by atoms with E-state index in [-0.39, 0.29) is 17.8 Å². The summed E-state index contributed by atoms with van der Waals surface area (Å²) in [5.74, 6) is -1.03. The Hall–Kier alpha value is -3.35. The Morgan fingerprint density at radius 1 is 1.00 bits per heavy atom. The molecular weight excluding hydrogens is 332 g/mol. The number of aromatic nitrogens is 2. The Kier molecular flexibility index (Phi) is 4.88. The van der Waals surface area contributed by atoms with Crippen LogP contribution in [0, 0.1) is 0 Å². The zero-order valence-corrected chi connectivity index (χ0v) is 14.4. The molecule has 2 amide bonds. The second-order valence-electron chi connectivity index (χ2n) is 5.97. The van der Waals surface area contributed by atoms with Gasteiger partial charge in [0.25, 0.3) is 5.91 Å². The zero-order valence-electron chi connectivity index (χ0n) is 14.4. The number of nitrogens with zero attached hydrogens (tertiary/aromatic N) is 2. The molecule has 1 heterocycles. The highest BCUT2D eigenvalue weighted by Crippen LogP contribution is 2.16. The molecule has 0 spiro atoms. The zero-order chi connectivity index (χ0) is 18.7. The molecule has 134 valence electrons. The average molecular weight is 352 g/mol. The molecule has 3 N–H and O–H groups in total. The molecule has 26 heavy (non-hydrogen) atoms. The number of para-hydroxylation sites is 3. The van der Waals surface area contributed by atoms with Gasteiger partial charge in [-0.25, -0.2) is 4.79 Å². The van der Waals surface area contributed by atoms with Crippen LogP contribution in [0.2, 0.25) is 0 Å². The normalized spacial score (nSPS) is 10.8. The van der Waals surface area contributed by atoms with Crippen LogP contribution < -0.4 is 16.7 Å². The summed E-state index contributed by atoms with van der Waals surface area (Å²) in [6, 6.07) is 13.9. The lowest BCUT2D eigenvalue weighted by Gasteiger charge is -2.09. The second-order valence-corrected chi connectivity index (χ2v) is 5.97. The maximum absolute atomic E-state index is 12.7. The van der Waals surface area contributed by atoms with Crippen molar-refractivity contribution in [2.45, 2.75) is 26.4 Å². The van der Waals surface area contributed by atoms with Crippen molar-refractivity contribution < 1.29 is 9.59 Å². The molecule has 0 aliphatic rings. The lowest BCUT2D eigenvalue weighted by atomic mass is 10.1. The number of nitrogens with one attached hydrogen (secondary N) is 1. The molecule has 0 bridgehead atoms. The largest absolute Gasteiger partial charge is 0.366 e. The van der Waals surface area contributed by atoms with E-state index in [0.29, 0.717) is 17.7 Å². The van der Waals surface area contributed by atoms with Gasteiger partial charge in [-0.3, -0.25) is 18.7 Å². The summed E-state index contributed by atoms with van der Waals surface area (Å²) in [5, 5.41) is 2.66. The maximum Gasteiger partial charge on any atom is 0.329 e. The molecule has 0 radical (unpaired) electrons. The molecule has 0 saturated carbocycles. The summed E-state index contributed by atoms with van der Waals surface area (Å²) >= 11 is 0. The molecule has 2 aromatic carbocycles. The third kappa shape index (κ3) is 3.23. The van der Waals surface area contributed by atoms with E-state index in [1.54, 1.807) is 22.8 Å². The van der Waals surface area contributed by atoms with Crippen LogP contribution in [0.4, 0.5) is 5.69 Å².